The third kappa shape index (κ3) is 3.11. The fraction of sp³-hybridized carbons (Fsp3) is 0.211. The minimum Gasteiger partial charge on any atom is -0.365 e. The van der Waals surface area contributed by atoms with Crippen molar-refractivity contribution < 1.29 is 0 Å². The van der Waals surface area contributed by atoms with Crippen LogP contribution in [0.1, 0.15) is 19.9 Å². The highest BCUT2D eigenvalue weighted by atomic mass is 15.3. The number of anilines is 1. The lowest BCUT2D eigenvalue weighted by Crippen LogP contribution is -2.27. The summed E-state index contributed by atoms with van der Waals surface area (Å²) in [5, 5.41) is 8.75. The standard InChI is InChI=1S/C19H19N7/c1-13(14(2)26-12-21-11-22-26)23-19-16-5-3-4-6-17(16)24-18(25-19)15-7-9-20-10-8-15/h3-14H,1-2H3,(H,23,24,25). The SMILES string of the molecule is CC(Nc1nc(-c2ccncc2)nc2ccccc12)C(C)n1cncn1. The van der Waals surface area contributed by atoms with Gasteiger partial charge in [-0.05, 0) is 38.1 Å². The van der Waals surface area contributed by atoms with Crippen molar-refractivity contribution in [2.45, 2.75) is 25.9 Å². The lowest BCUT2D eigenvalue weighted by atomic mass is 10.1. The van der Waals surface area contributed by atoms with Crippen LogP contribution in [0.2, 0.25) is 0 Å². The maximum absolute atomic E-state index is 4.78. The van der Waals surface area contributed by atoms with Gasteiger partial charge in [0.25, 0.3) is 0 Å². The molecule has 3 aromatic heterocycles. The van der Waals surface area contributed by atoms with Crippen molar-refractivity contribution in [2.24, 2.45) is 0 Å². The first-order valence-electron chi connectivity index (χ1n) is 8.50. The zero-order chi connectivity index (χ0) is 17.9. The third-order valence-corrected chi connectivity index (χ3v) is 4.48. The van der Waals surface area contributed by atoms with E-state index in [-0.39, 0.29) is 12.1 Å². The maximum Gasteiger partial charge on any atom is 0.162 e. The molecule has 7 heteroatoms. The van der Waals surface area contributed by atoms with Gasteiger partial charge in [0, 0.05) is 29.4 Å². The van der Waals surface area contributed by atoms with Gasteiger partial charge in [0.05, 0.1) is 11.6 Å². The second-order valence-corrected chi connectivity index (χ2v) is 6.20. The number of pyridine rings is 1. The highest BCUT2D eigenvalue weighted by Crippen LogP contribution is 2.26. The molecule has 2 atom stereocenters. The zero-order valence-electron chi connectivity index (χ0n) is 14.6. The molecular weight excluding hydrogens is 326 g/mol. The summed E-state index contributed by atoms with van der Waals surface area (Å²) in [6, 6.07) is 12.0. The molecule has 130 valence electrons. The molecule has 1 aromatic carbocycles. The Morgan fingerprint density at radius 3 is 2.54 bits per heavy atom. The Morgan fingerprint density at radius 2 is 1.77 bits per heavy atom. The van der Waals surface area contributed by atoms with E-state index in [9.17, 15) is 0 Å². The van der Waals surface area contributed by atoms with Gasteiger partial charge in [-0.15, -0.1) is 0 Å². The summed E-state index contributed by atoms with van der Waals surface area (Å²) < 4.78 is 1.84. The predicted molar refractivity (Wildman–Crippen MR) is 101 cm³/mol. The Balaban J connectivity index is 1.73. The molecule has 4 aromatic rings. The number of nitrogens with one attached hydrogen (secondary N) is 1. The summed E-state index contributed by atoms with van der Waals surface area (Å²) in [6.45, 7) is 4.20. The number of hydrogen-bond donors (Lipinski definition) is 1. The molecule has 3 heterocycles. The van der Waals surface area contributed by atoms with E-state index >= 15 is 0 Å². The molecule has 1 N–H and O–H groups in total. The Morgan fingerprint density at radius 1 is 0.962 bits per heavy atom. The average Bonchev–Trinajstić information content (AvgIpc) is 3.22. The van der Waals surface area contributed by atoms with Crippen molar-refractivity contribution in [1.29, 1.82) is 0 Å². The molecule has 0 saturated heterocycles. The normalized spacial score (nSPS) is 13.5. The lowest BCUT2D eigenvalue weighted by Gasteiger charge is -2.22. The first-order valence-corrected chi connectivity index (χ1v) is 8.50. The third-order valence-electron chi connectivity index (χ3n) is 4.48. The van der Waals surface area contributed by atoms with Gasteiger partial charge in [-0.2, -0.15) is 5.10 Å². The van der Waals surface area contributed by atoms with Crippen molar-refractivity contribution in [3.63, 3.8) is 0 Å². The monoisotopic (exact) mass is 345 g/mol. The van der Waals surface area contributed by atoms with Crippen LogP contribution in [-0.4, -0.2) is 35.8 Å². The van der Waals surface area contributed by atoms with Crippen LogP contribution in [0.5, 0.6) is 0 Å². The van der Waals surface area contributed by atoms with Gasteiger partial charge in [0.1, 0.15) is 18.5 Å². The Kier molecular flexibility index (Phi) is 4.27. The van der Waals surface area contributed by atoms with Crippen molar-refractivity contribution in [1.82, 2.24) is 29.7 Å². The van der Waals surface area contributed by atoms with Crippen LogP contribution in [-0.2, 0) is 0 Å². The maximum atomic E-state index is 4.78. The summed E-state index contributed by atoms with van der Waals surface area (Å²) in [6.07, 6.45) is 6.76. The molecule has 2 unspecified atom stereocenters. The summed E-state index contributed by atoms with van der Waals surface area (Å²) in [4.78, 5) is 17.6. The topological polar surface area (TPSA) is 81.4 Å². The molecular formula is C19H19N7. The van der Waals surface area contributed by atoms with Crippen LogP contribution >= 0.6 is 0 Å². The van der Waals surface area contributed by atoms with E-state index in [0.29, 0.717) is 5.82 Å². The number of rotatable bonds is 5. The molecule has 26 heavy (non-hydrogen) atoms. The van der Waals surface area contributed by atoms with Crippen LogP contribution in [0.4, 0.5) is 5.82 Å². The molecule has 0 spiro atoms. The van der Waals surface area contributed by atoms with Crippen molar-refractivity contribution in [3.8, 4) is 11.4 Å². The molecule has 0 aliphatic heterocycles. The first-order chi connectivity index (χ1) is 12.7. The smallest absolute Gasteiger partial charge is 0.162 e. The van der Waals surface area contributed by atoms with E-state index in [4.69, 9.17) is 9.97 Å². The molecule has 0 aliphatic carbocycles. The Hall–Kier alpha value is -3.35. The van der Waals surface area contributed by atoms with E-state index in [2.05, 4.69) is 34.2 Å². The van der Waals surface area contributed by atoms with Gasteiger partial charge in [-0.25, -0.2) is 19.6 Å². The molecule has 4 rings (SSSR count). The van der Waals surface area contributed by atoms with Gasteiger partial charge in [0.2, 0.25) is 0 Å². The van der Waals surface area contributed by atoms with Crippen molar-refractivity contribution in [3.05, 3.63) is 61.4 Å². The van der Waals surface area contributed by atoms with Crippen molar-refractivity contribution in [2.75, 3.05) is 5.32 Å². The van der Waals surface area contributed by atoms with Gasteiger partial charge < -0.3 is 5.32 Å². The van der Waals surface area contributed by atoms with Gasteiger partial charge >= 0.3 is 0 Å². The first kappa shape index (κ1) is 16.1. The molecule has 0 saturated carbocycles. The fourth-order valence-corrected chi connectivity index (χ4v) is 2.81. The van der Waals surface area contributed by atoms with Crippen LogP contribution in [0, 0.1) is 0 Å². The number of benzene rings is 1. The summed E-state index contributed by atoms with van der Waals surface area (Å²) in [5.74, 6) is 1.48. The highest BCUT2D eigenvalue weighted by Gasteiger charge is 2.17. The van der Waals surface area contributed by atoms with E-state index in [1.54, 1.807) is 25.0 Å². The summed E-state index contributed by atoms with van der Waals surface area (Å²) in [7, 11) is 0. The Bertz CT molecular complexity index is 999. The van der Waals surface area contributed by atoms with Crippen LogP contribution in [0.15, 0.2) is 61.4 Å². The largest absolute Gasteiger partial charge is 0.365 e. The van der Waals surface area contributed by atoms with E-state index in [1.807, 2.05) is 41.1 Å². The van der Waals surface area contributed by atoms with E-state index in [1.165, 1.54) is 0 Å². The van der Waals surface area contributed by atoms with Crippen LogP contribution in [0.25, 0.3) is 22.3 Å². The molecule has 0 bridgehead atoms. The summed E-state index contributed by atoms with van der Waals surface area (Å²) in [5.41, 5.74) is 1.84. The van der Waals surface area contributed by atoms with Gasteiger partial charge in [-0.3, -0.25) is 4.98 Å². The van der Waals surface area contributed by atoms with Crippen LogP contribution in [0.3, 0.4) is 0 Å². The Labute approximate surface area is 151 Å². The average molecular weight is 345 g/mol. The van der Waals surface area contributed by atoms with E-state index in [0.717, 1.165) is 22.3 Å². The summed E-state index contributed by atoms with van der Waals surface area (Å²) >= 11 is 0. The zero-order valence-corrected chi connectivity index (χ0v) is 14.6. The second kappa shape index (κ2) is 6.87. The number of aromatic nitrogens is 6. The lowest BCUT2D eigenvalue weighted by molar-refractivity contribution is 0.442. The minimum atomic E-state index is 0.0975. The molecule has 0 amide bonds. The quantitative estimate of drug-likeness (QED) is 0.597. The molecule has 0 radical (unpaired) electrons. The molecule has 0 fully saturated rings. The fourth-order valence-electron chi connectivity index (χ4n) is 2.81. The number of para-hydroxylation sites is 1. The predicted octanol–water partition coefficient (Wildman–Crippen LogP) is 3.34. The van der Waals surface area contributed by atoms with Gasteiger partial charge in [-0.1, -0.05) is 12.1 Å². The number of nitrogens with zero attached hydrogens (tertiary/aromatic N) is 6. The highest BCUT2D eigenvalue weighted by molar-refractivity contribution is 5.90. The second-order valence-electron chi connectivity index (χ2n) is 6.20. The number of fused-ring (bicyclic) bond motifs is 1. The number of hydrogen-bond acceptors (Lipinski definition) is 6. The molecule has 0 aliphatic rings. The van der Waals surface area contributed by atoms with Gasteiger partial charge in [0.15, 0.2) is 5.82 Å². The molecule has 7 nitrogen and oxygen atoms in total. The minimum absolute atomic E-state index is 0.0975. The van der Waals surface area contributed by atoms with Crippen molar-refractivity contribution >= 4 is 16.7 Å². The van der Waals surface area contributed by atoms with Crippen LogP contribution < -0.4 is 5.32 Å². The van der Waals surface area contributed by atoms with E-state index < -0.39 is 0 Å².